The van der Waals surface area contributed by atoms with E-state index in [1.165, 1.54) is 11.1 Å². The molecule has 0 aliphatic heterocycles. The Hall–Kier alpha value is -3.11. The smallest absolute Gasteiger partial charge is 0.407 e. The third-order valence-electron chi connectivity index (χ3n) is 5.47. The Morgan fingerprint density at radius 2 is 1.43 bits per heavy atom. The first kappa shape index (κ1) is 20.2. The molecule has 0 aromatic heterocycles. The molecule has 0 spiro atoms. The molecule has 152 valence electrons. The van der Waals surface area contributed by atoms with Gasteiger partial charge in [0.25, 0.3) is 0 Å². The van der Waals surface area contributed by atoms with E-state index in [0.717, 1.165) is 16.7 Å². The average molecular weight is 420 g/mol. The number of hydrogen-bond donors (Lipinski definition) is 1. The van der Waals surface area contributed by atoms with Crippen LogP contribution in [0.1, 0.15) is 29.0 Å². The second kappa shape index (κ2) is 9.14. The summed E-state index contributed by atoms with van der Waals surface area (Å²) in [6.07, 6.45) is 0.411. The second-order valence-electron chi connectivity index (χ2n) is 7.35. The van der Waals surface area contributed by atoms with E-state index in [0.29, 0.717) is 12.8 Å². The summed E-state index contributed by atoms with van der Waals surface area (Å²) in [7, 11) is 0. The third kappa shape index (κ3) is 4.39. The van der Waals surface area contributed by atoms with Gasteiger partial charge in [0.15, 0.2) is 0 Å². The highest BCUT2D eigenvalue weighted by atomic mass is 35.5. The fourth-order valence-electron chi connectivity index (χ4n) is 3.98. The zero-order valence-electron chi connectivity index (χ0n) is 16.4. The Morgan fingerprint density at radius 1 is 0.867 bits per heavy atom. The van der Waals surface area contributed by atoms with Gasteiger partial charge in [-0.3, -0.25) is 4.79 Å². The van der Waals surface area contributed by atoms with Crippen molar-refractivity contribution < 1.29 is 14.3 Å². The quantitative estimate of drug-likeness (QED) is 0.529. The number of aryl methyl sites for hydroxylation is 1. The lowest BCUT2D eigenvalue weighted by Gasteiger charge is -2.17. The van der Waals surface area contributed by atoms with Crippen molar-refractivity contribution in [1.29, 1.82) is 0 Å². The minimum Gasteiger partial charge on any atom is -0.449 e. The first-order valence-corrected chi connectivity index (χ1v) is 10.4. The fraction of sp³-hybridized carbons (Fsp3) is 0.200. The molecule has 4 nitrogen and oxygen atoms in total. The van der Waals surface area contributed by atoms with Crippen molar-refractivity contribution in [1.82, 2.24) is 5.32 Å². The van der Waals surface area contributed by atoms with Crippen molar-refractivity contribution >= 4 is 22.9 Å². The number of amides is 1. The standard InChI is InChI=1S/C25H22ClNO3/c26-24(28)23(15-14-17-8-2-1-3-9-17)27-25(29)30-16-22-20-12-6-4-10-18(20)19-11-5-7-13-21(19)22/h1-13,22-23H,14-16H2,(H,27,29)/t23-/m1/s1. The Morgan fingerprint density at radius 3 is 2.03 bits per heavy atom. The second-order valence-corrected chi connectivity index (χ2v) is 7.72. The van der Waals surface area contributed by atoms with E-state index in [9.17, 15) is 9.59 Å². The van der Waals surface area contributed by atoms with E-state index in [1.807, 2.05) is 54.6 Å². The van der Waals surface area contributed by atoms with Crippen LogP contribution in [0.25, 0.3) is 11.1 Å². The summed E-state index contributed by atoms with van der Waals surface area (Å²) >= 11 is 5.71. The summed E-state index contributed by atoms with van der Waals surface area (Å²) in [6.45, 7) is 0.196. The van der Waals surface area contributed by atoms with Gasteiger partial charge in [-0.15, -0.1) is 0 Å². The zero-order chi connectivity index (χ0) is 20.9. The molecule has 0 saturated carbocycles. The van der Waals surface area contributed by atoms with E-state index in [-0.39, 0.29) is 12.5 Å². The molecule has 0 radical (unpaired) electrons. The number of ether oxygens (including phenoxy) is 1. The molecule has 1 N–H and O–H groups in total. The molecular formula is C25H22ClNO3. The van der Waals surface area contributed by atoms with E-state index in [1.54, 1.807) is 0 Å². The summed E-state index contributed by atoms with van der Waals surface area (Å²) in [5.74, 6) is -0.0300. The number of carbonyl (C=O) groups is 2. The summed E-state index contributed by atoms with van der Waals surface area (Å²) in [6, 6.07) is 25.3. The summed E-state index contributed by atoms with van der Waals surface area (Å²) in [5, 5.41) is 2.02. The molecule has 4 rings (SSSR count). The SMILES string of the molecule is O=C(N[C@H](CCc1ccccc1)C(=O)Cl)OCC1c2ccccc2-c2ccccc21. The van der Waals surface area contributed by atoms with E-state index in [4.69, 9.17) is 16.3 Å². The Kier molecular flexibility index (Phi) is 6.15. The van der Waals surface area contributed by atoms with Gasteiger partial charge in [0.1, 0.15) is 12.6 Å². The van der Waals surface area contributed by atoms with Crippen LogP contribution in [0, 0.1) is 0 Å². The highest BCUT2D eigenvalue weighted by molar-refractivity contribution is 6.64. The molecule has 1 aliphatic rings. The van der Waals surface area contributed by atoms with Crippen molar-refractivity contribution in [3.63, 3.8) is 0 Å². The van der Waals surface area contributed by atoms with Gasteiger partial charge in [0.05, 0.1) is 0 Å². The lowest BCUT2D eigenvalue weighted by atomic mass is 9.98. The van der Waals surface area contributed by atoms with Gasteiger partial charge in [0, 0.05) is 5.92 Å². The first-order chi connectivity index (χ1) is 14.6. The summed E-state index contributed by atoms with van der Waals surface area (Å²) < 4.78 is 5.51. The van der Waals surface area contributed by atoms with Crippen LogP contribution < -0.4 is 5.32 Å². The van der Waals surface area contributed by atoms with Gasteiger partial charge in [0.2, 0.25) is 5.24 Å². The molecule has 30 heavy (non-hydrogen) atoms. The van der Waals surface area contributed by atoms with Crippen molar-refractivity contribution in [2.45, 2.75) is 24.8 Å². The maximum Gasteiger partial charge on any atom is 0.407 e. The number of halogens is 1. The average Bonchev–Trinajstić information content (AvgIpc) is 3.09. The minimum absolute atomic E-state index is 0.0300. The topological polar surface area (TPSA) is 55.4 Å². The molecule has 0 heterocycles. The highest BCUT2D eigenvalue weighted by Gasteiger charge is 2.29. The predicted octanol–water partition coefficient (Wildman–Crippen LogP) is 5.29. The first-order valence-electron chi connectivity index (χ1n) is 9.98. The lowest BCUT2D eigenvalue weighted by molar-refractivity contribution is -0.113. The maximum atomic E-state index is 12.4. The summed E-state index contributed by atoms with van der Waals surface area (Å²) in [4.78, 5) is 24.2. The van der Waals surface area contributed by atoms with Crippen molar-refractivity contribution in [2.24, 2.45) is 0 Å². The van der Waals surface area contributed by atoms with Crippen LogP contribution in [0.4, 0.5) is 4.79 Å². The van der Waals surface area contributed by atoms with Gasteiger partial charge >= 0.3 is 6.09 Å². The molecule has 0 saturated heterocycles. The maximum absolute atomic E-state index is 12.4. The Labute approximate surface area is 180 Å². The number of alkyl carbamates (subject to hydrolysis) is 1. The predicted molar refractivity (Wildman–Crippen MR) is 118 cm³/mol. The third-order valence-corrected chi connectivity index (χ3v) is 5.74. The number of rotatable bonds is 7. The lowest BCUT2D eigenvalue weighted by Crippen LogP contribution is -2.40. The normalized spacial score (nSPS) is 13.2. The zero-order valence-corrected chi connectivity index (χ0v) is 17.1. The van der Waals surface area contributed by atoms with Crippen molar-refractivity contribution in [3.05, 3.63) is 95.6 Å². The van der Waals surface area contributed by atoms with E-state index >= 15 is 0 Å². The van der Waals surface area contributed by atoms with Gasteiger partial charge in [-0.1, -0.05) is 78.9 Å². The van der Waals surface area contributed by atoms with Crippen molar-refractivity contribution in [3.8, 4) is 11.1 Å². The van der Waals surface area contributed by atoms with Gasteiger partial charge < -0.3 is 10.1 Å². The van der Waals surface area contributed by atoms with Crippen LogP contribution in [0.15, 0.2) is 78.9 Å². The number of carbonyl (C=O) groups excluding carboxylic acids is 2. The van der Waals surface area contributed by atoms with Gasteiger partial charge in [-0.2, -0.15) is 0 Å². The van der Waals surface area contributed by atoms with Crippen LogP contribution in [0.2, 0.25) is 0 Å². The van der Waals surface area contributed by atoms with E-state index in [2.05, 4.69) is 29.6 Å². The molecule has 3 aromatic carbocycles. The van der Waals surface area contributed by atoms with Gasteiger partial charge in [-0.05, 0) is 52.3 Å². The van der Waals surface area contributed by atoms with Crippen LogP contribution in [-0.4, -0.2) is 24.0 Å². The van der Waals surface area contributed by atoms with Crippen LogP contribution in [-0.2, 0) is 16.0 Å². The van der Waals surface area contributed by atoms with Crippen LogP contribution in [0.3, 0.4) is 0 Å². The Balaban J connectivity index is 1.38. The number of benzene rings is 3. The molecule has 0 bridgehead atoms. The van der Waals surface area contributed by atoms with Crippen molar-refractivity contribution in [2.75, 3.05) is 6.61 Å². The molecule has 0 fully saturated rings. The highest BCUT2D eigenvalue weighted by Crippen LogP contribution is 2.44. The molecule has 1 amide bonds. The van der Waals surface area contributed by atoms with Gasteiger partial charge in [-0.25, -0.2) is 4.79 Å². The Bertz CT molecular complexity index is 1010. The number of hydrogen-bond acceptors (Lipinski definition) is 3. The molecule has 1 aliphatic carbocycles. The molecule has 0 unspecified atom stereocenters. The minimum atomic E-state index is -0.789. The largest absolute Gasteiger partial charge is 0.449 e. The monoisotopic (exact) mass is 419 g/mol. The van der Waals surface area contributed by atoms with Crippen LogP contribution in [0.5, 0.6) is 0 Å². The van der Waals surface area contributed by atoms with Crippen LogP contribution >= 0.6 is 11.6 Å². The molecular weight excluding hydrogens is 398 g/mol. The number of nitrogens with one attached hydrogen (secondary N) is 1. The molecule has 5 heteroatoms. The molecule has 3 aromatic rings. The fourth-order valence-corrected chi connectivity index (χ4v) is 4.14. The summed E-state index contributed by atoms with van der Waals surface area (Å²) in [5.41, 5.74) is 5.69. The number of fused-ring (bicyclic) bond motifs is 3. The van der Waals surface area contributed by atoms with E-state index < -0.39 is 17.4 Å². The molecule has 1 atom stereocenters.